The van der Waals surface area contributed by atoms with Gasteiger partial charge in [0.25, 0.3) is 5.56 Å². The topological polar surface area (TPSA) is 101 Å². The van der Waals surface area contributed by atoms with Crippen molar-refractivity contribution < 1.29 is 13.9 Å². The van der Waals surface area contributed by atoms with E-state index in [1.165, 1.54) is 0 Å². The predicted octanol–water partition coefficient (Wildman–Crippen LogP) is 1.66. The zero-order valence-electron chi connectivity index (χ0n) is 14.6. The molecular weight excluding hydrogens is 348 g/mol. The lowest BCUT2D eigenvalue weighted by Crippen LogP contribution is -2.38. The van der Waals surface area contributed by atoms with E-state index in [1.807, 2.05) is 17.0 Å². The molecule has 27 heavy (non-hydrogen) atoms. The Morgan fingerprint density at radius 2 is 2.04 bits per heavy atom. The molecule has 1 N–H and O–H groups in total. The van der Waals surface area contributed by atoms with E-state index < -0.39 is 0 Å². The van der Waals surface area contributed by atoms with E-state index in [-0.39, 0.29) is 17.3 Å². The molecule has 1 unspecified atom stereocenters. The van der Waals surface area contributed by atoms with Gasteiger partial charge in [-0.1, -0.05) is 0 Å². The summed E-state index contributed by atoms with van der Waals surface area (Å²) >= 11 is 0. The highest BCUT2D eigenvalue weighted by Gasteiger charge is 2.31. The van der Waals surface area contributed by atoms with Gasteiger partial charge in [-0.2, -0.15) is 4.98 Å². The zero-order valence-corrected chi connectivity index (χ0v) is 14.6. The van der Waals surface area contributed by atoms with Crippen LogP contribution < -0.4 is 10.5 Å². The summed E-state index contributed by atoms with van der Waals surface area (Å²) in [5, 5.41) is 0.397. The van der Waals surface area contributed by atoms with Gasteiger partial charge in [-0.15, -0.1) is 0 Å². The summed E-state index contributed by atoms with van der Waals surface area (Å²) in [5.41, 5.74) is 1.32. The number of carbonyl (C=O) groups excluding carboxylic acids is 1. The van der Waals surface area contributed by atoms with Gasteiger partial charge in [0.2, 0.25) is 5.95 Å². The molecule has 5 rings (SSSR count). The highest BCUT2D eigenvalue weighted by Crippen LogP contribution is 2.34. The zero-order chi connectivity index (χ0) is 18.4. The third-order valence-electron chi connectivity index (χ3n) is 5.27. The van der Waals surface area contributed by atoms with Crippen LogP contribution in [-0.4, -0.2) is 47.0 Å². The number of morpholine rings is 1. The molecule has 2 aliphatic rings. The van der Waals surface area contributed by atoms with Gasteiger partial charge in [0.15, 0.2) is 11.4 Å². The van der Waals surface area contributed by atoms with Crippen LogP contribution in [0.25, 0.3) is 11.0 Å². The van der Waals surface area contributed by atoms with Crippen LogP contribution in [0.3, 0.4) is 0 Å². The number of fused-ring (bicyclic) bond motifs is 3. The Bertz CT molecular complexity index is 1070. The Balaban J connectivity index is 1.62. The highest BCUT2D eigenvalue weighted by atomic mass is 16.5. The number of pyridine rings is 1. The molecule has 0 saturated carbocycles. The van der Waals surface area contributed by atoms with Crippen molar-refractivity contribution in [2.75, 3.05) is 31.2 Å². The van der Waals surface area contributed by atoms with Gasteiger partial charge in [0.1, 0.15) is 5.76 Å². The van der Waals surface area contributed by atoms with Gasteiger partial charge in [-0.3, -0.25) is 14.6 Å². The summed E-state index contributed by atoms with van der Waals surface area (Å²) in [4.78, 5) is 39.2. The molecule has 1 aliphatic heterocycles. The molecule has 0 aromatic carbocycles. The van der Waals surface area contributed by atoms with Crippen molar-refractivity contribution in [1.29, 1.82) is 0 Å². The number of aromatic amines is 1. The van der Waals surface area contributed by atoms with Gasteiger partial charge in [-0.05, 0) is 24.1 Å². The van der Waals surface area contributed by atoms with E-state index in [0.29, 0.717) is 67.3 Å². The molecule has 0 spiro atoms. The number of ether oxygens (including phenoxy) is 1. The number of rotatable bonds is 2. The van der Waals surface area contributed by atoms with Crippen molar-refractivity contribution in [3.63, 3.8) is 0 Å². The fourth-order valence-corrected chi connectivity index (χ4v) is 3.91. The Morgan fingerprint density at radius 3 is 2.81 bits per heavy atom. The fraction of sp³-hybridized carbons (Fsp3) is 0.368. The number of anilines is 1. The fourth-order valence-electron chi connectivity index (χ4n) is 3.91. The Kier molecular flexibility index (Phi) is 3.78. The molecule has 4 heterocycles. The van der Waals surface area contributed by atoms with Crippen LogP contribution in [0.4, 0.5) is 5.95 Å². The predicted molar refractivity (Wildman–Crippen MR) is 97.3 cm³/mol. The van der Waals surface area contributed by atoms with E-state index >= 15 is 0 Å². The summed E-state index contributed by atoms with van der Waals surface area (Å²) < 4.78 is 10.8. The second-order valence-corrected chi connectivity index (χ2v) is 6.88. The average Bonchev–Trinajstić information content (AvgIpc) is 3.23. The lowest BCUT2D eigenvalue weighted by molar-refractivity contribution is 0.0960. The molecule has 3 aromatic rings. The van der Waals surface area contributed by atoms with Gasteiger partial charge >= 0.3 is 0 Å². The second-order valence-electron chi connectivity index (χ2n) is 6.88. The standard InChI is InChI=1S/C19H18N4O4/c24-14-9-11(15-2-1-5-27-15)8-12-13(14)10-20-17-16(12)18(25)22-19(21-17)23-3-6-26-7-4-23/h1-2,5,10-11H,3-4,6-9H2,(H,20,21,22,25). The molecule has 8 heteroatoms. The minimum Gasteiger partial charge on any atom is -0.469 e. The molecule has 8 nitrogen and oxygen atoms in total. The highest BCUT2D eigenvalue weighted by molar-refractivity contribution is 6.02. The number of ketones is 1. The molecule has 3 aromatic heterocycles. The van der Waals surface area contributed by atoms with Crippen molar-refractivity contribution in [2.45, 2.75) is 18.8 Å². The first-order valence-electron chi connectivity index (χ1n) is 9.02. The molecule has 138 valence electrons. The largest absolute Gasteiger partial charge is 0.469 e. The van der Waals surface area contributed by atoms with E-state index in [9.17, 15) is 9.59 Å². The third kappa shape index (κ3) is 2.73. The number of nitrogens with zero attached hydrogens (tertiary/aromatic N) is 3. The lowest BCUT2D eigenvalue weighted by Gasteiger charge is -2.27. The molecule has 1 atom stereocenters. The first-order chi connectivity index (χ1) is 13.2. The monoisotopic (exact) mass is 366 g/mol. The normalized spacial score (nSPS) is 20.1. The SMILES string of the molecule is O=C1CC(c2ccco2)Cc2c1cnc1nc(N3CCOCC3)[nH]c(=O)c21. The summed E-state index contributed by atoms with van der Waals surface area (Å²) in [6.45, 7) is 2.52. The number of H-pyrrole nitrogens is 1. The molecule has 0 bridgehead atoms. The number of carbonyl (C=O) groups is 1. The quantitative estimate of drug-likeness (QED) is 0.736. The average molecular weight is 366 g/mol. The molecule has 0 amide bonds. The van der Waals surface area contributed by atoms with Gasteiger partial charge in [-0.25, -0.2) is 4.98 Å². The van der Waals surface area contributed by atoms with Gasteiger partial charge < -0.3 is 14.1 Å². The number of nitrogens with one attached hydrogen (secondary N) is 1. The molecule has 1 aliphatic carbocycles. The van der Waals surface area contributed by atoms with Crippen LogP contribution in [0.2, 0.25) is 0 Å². The third-order valence-corrected chi connectivity index (χ3v) is 5.27. The number of aromatic nitrogens is 3. The molecule has 1 fully saturated rings. The molecule has 1 saturated heterocycles. The summed E-state index contributed by atoms with van der Waals surface area (Å²) in [6, 6.07) is 3.67. The van der Waals surface area contributed by atoms with Crippen LogP contribution in [0, 0.1) is 0 Å². The minimum absolute atomic E-state index is 0.0243. The number of furan rings is 1. The van der Waals surface area contributed by atoms with Crippen molar-refractivity contribution >= 4 is 22.8 Å². The van der Waals surface area contributed by atoms with Gasteiger partial charge in [0, 0.05) is 37.2 Å². The van der Waals surface area contributed by atoms with Crippen molar-refractivity contribution in [1.82, 2.24) is 15.0 Å². The smallest absolute Gasteiger partial charge is 0.262 e. The van der Waals surface area contributed by atoms with E-state index in [1.54, 1.807) is 12.5 Å². The number of Topliss-reactive ketones (excluding diaryl/α,β-unsaturated/α-hetero) is 1. The Morgan fingerprint density at radius 1 is 1.19 bits per heavy atom. The summed E-state index contributed by atoms with van der Waals surface area (Å²) in [6.07, 6.45) is 4.05. The lowest BCUT2D eigenvalue weighted by atomic mass is 9.81. The van der Waals surface area contributed by atoms with Crippen LogP contribution in [0.15, 0.2) is 33.8 Å². The van der Waals surface area contributed by atoms with E-state index in [4.69, 9.17) is 9.15 Å². The number of hydrogen-bond acceptors (Lipinski definition) is 7. The summed E-state index contributed by atoms with van der Waals surface area (Å²) in [5.74, 6) is 1.15. The maximum Gasteiger partial charge on any atom is 0.262 e. The summed E-state index contributed by atoms with van der Waals surface area (Å²) in [7, 11) is 0. The minimum atomic E-state index is -0.265. The van der Waals surface area contributed by atoms with E-state index in [0.717, 1.165) is 5.76 Å². The maximum absolute atomic E-state index is 12.9. The Hall–Kier alpha value is -3.00. The van der Waals surface area contributed by atoms with Crippen LogP contribution >= 0.6 is 0 Å². The second kappa shape index (κ2) is 6.31. The molecular formula is C19H18N4O4. The van der Waals surface area contributed by atoms with Crippen molar-refractivity contribution in [3.05, 3.63) is 51.8 Å². The first kappa shape index (κ1) is 16.2. The maximum atomic E-state index is 12.9. The van der Waals surface area contributed by atoms with Crippen molar-refractivity contribution in [2.24, 2.45) is 0 Å². The number of hydrogen-bond donors (Lipinski definition) is 1. The Labute approximate surface area is 154 Å². The van der Waals surface area contributed by atoms with Crippen LogP contribution in [-0.2, 0) is 11.2 Å². The van der Waals surface area contributed by atoms with Crippen LogP contribution in [0.1, 0.15) is 34.0 Å². The van der Waals surface area contributed by atoms with Crippen molar-refractivity contribution in [3.8, 4) is 0 Å². The van der Waals surface area contributed by atoms with E-state index in [2.05, 4.69) is 15.0 Å². The van der Waals surface area contributed by atoms with Gasteiger partial charge in [0.05, 0.1) is 24.9 Å². The van der Waals surface area contributed by atoms with Crippen LogP contribution in [0.5, 0.6) is 0 Å². The first-order valence-corrected chi connectivity index (χ1v) is 9.02. The molecule has 0 radical (unpaired) electrons.